The van der Waals surface area contributed by atoms with Gasteiger partial charge in [0.1, 0.15) is 0 Å². The van der Waals surface area contributed by atoms with Crippen LogP contribution in [0.5, 0.6) is 0 Å². The first-order valence-corrected chi connectivity index (χ1v) is 19.4. The molecule has 0 heterocycles. The van der Waals surface area contributed by atoms with Gasteiger partial charge in [-0.15, -0.1) is 0 Å². The Hall–Kier alpha value is -0.870. The number of aliphatic hydroxyl groups is 2. The second-order valence-corrected chi connectivity index (χ2v) is 13.4. The normalized spacial score (nSPS) is 13.1. The summed E-state index contributed by atoms with van der Waals surface area (Å²) in [6.07, 6.45) is 42.9. The molecule has 0 aromatic heterocycles. The lowest BCUT2D eigenvalue weighted by Crippen LogP contribution is -2.45. The van der Waals surface area contributed by atoms with Crippen LogP contribution in [0.25, 0.3) is 0 Å². The Labute approximate surface area is 269 Å². The van der Waals surface area contributed by atoms with Crippen molar-refractivity contribution in [2.24, 2.45) is 0 Å². The minimum Gasteiger partial charge on any atom is -0.394 e. The van der Waals surface area contributed by atoms with Crippen LogP contribution in [0, 0.1) is 0 Å². The van der Waals surface area contributed by atoms with Gasteiger partial charge in [-0.3, -0.25) is 4.79 Å². The van der Waals surface area contributed by atoms with E-state index in [1.807, 2.05) is 6.08 Å². The SMILES string of the molecule is CCCCCCCCCCCCC=CC[C@@H](O)[C@H](CO)NC(=O)CCCCCCCCCCCCCCCCCCCC. The maximum Gasteiger partial charge on any atom is 0.220 e. The topological polar surface area (TPSA) is 69.6 Å². The first-order valence-electron chi connectivity index (χ1n) is 19.4. The molecular weight excluding hydrogens is 530 g/mol. The van der Waals surface area contributed by atoms with Crippen molar-refractivity contribution >= 4 is 5.91 Å². The Bertz CT molecular complexity index is 579. The molecule has 4 heteroatoms. The van der Waals surface area contributed by atoms with Crippen molar-refractivity contribution in [1.82, 2.24) is 5.32 Å². The van der Waals surface area contributed by atoms with Crippen LogP contribution < -0.4 is 5.32 Å². The number of hydrogen-bond donors (Lipinski definition) is 3. The third-order valence-corrected chi connectivity index (χ3v) is 9.03. The standard InChI is InChI=1S/C39H77NO3/c1-3-5-7-9-11-13-15-17-18-19-20-21-23-25-27-29-31-33-35-39(43)40-37(36-41)38(42)34-32-30-28-26-24-22-16-14-12-10-8-6-4-2/h30,32,37-38,41-42H,3-29,31,33-36H2,1-2H3,(H,40,43)/t37-,38+/m0/s1. The van der Waals surface area contributed by atoms with Crippen LogP contribution in [0.3, 0.4) is 0 Å². The summed E-state index contributed by atoms with van der Waals surface area (Å²) < 4.78 is 0. The molecule has 0 bridgehead atoms. The molecule has 0 saturated heterocycles. The number of allylic oxidation sites excluding steroid dienone is 1. The van der Waals surface area contributed by atoms with Gasteiger partial charge in [0.15, 0.2) is 0 Å². The second-order valence-electron chi connectivity index (χ2n) is 13.4. The molecule has 0 aromatic rings. The summed E-state index contributed by atoms with van der Waals surface area (Å²) >= 11 is 0. The lowest BCUT2D eigenvalue weighted by Gasteiger charge is -2.21. The minimum absolute atomic E-state index is 0.0519. The van der Waals surface area contributed by atoms with E-state index in [0.29, 0.717) is 12.8 Å². The Morgan fingerprint density at radius 3 is 1.26 bits per heavy atom. The molecule has 2 atom stereocenters. The van der Waals surface area contributed by atoms with Crippen molar-refractivity contribution in [3.8, 4) is 0 Å². The second kappa shape index (κ2) is 35.6. The van der Waals surface area contributed by atoms with E-state index >= 15 is 0 Å². The number of carbonyl (C=O) groups excluding carboxylic acids is 1. The number of amides is 1. The van der Waals surface area contributed by atoms with Crippen molar-refractivity contribution in [1.29, 1.82) is 0 Å². The molecule has 0 aliphatic heterocycles. The van der Waals surface area contributed by atoms with Crippen molar-refractivity contribution in [2.45, 2.75) is 225 Å². The summed E-state index contributed by atoms with van der Waals surface area (Å²) in [4.78, 5) is 12.3. The van der Waals surface area contributed by atoms with Gasteiger partial charge in [0.2, 0.25) is 5.91 Å². The van der Waals surface area contributed by atoms with Crippen LogP contribution >= 0.6 is 0 Å². The zero-order valence-electron chi connectivity index (χ0n) is 29.2. The molecule has 4 nitrogen and oxygen atoms in total. The summed E-state index contributed by atoms with van der Waals surface area (Å²) in [5, 5.41) is 23.0. The smallest absolute Gasteiger partial charge is 0.220 e. The van der Waals surface area contributed by atoms with Gasteiger partial charge in [0, 0.05) is 6.42 Å². The average molecular weight is 608 g/mol. The van der Waals surface area contributed by atoms with Crippen molar-refractivity contribution < 1.29 is 15.0 Å². The minimum atomic E-state index is -0.738. The van der Waals surface area contributed by atoms with E-state index in [1.54, 1.807) is 0 Å². The predicted octanol–water partition coefficient (Wildman–Crippen LogP) is 11.5. The molecule has 0 radical (unpaired) electrons. The molecule has 0 unspecified atom stereocenters. The maximum atomic E-state index is 12.3. The third-order valence-electron chi connectivity index (χ3n) is 9.03. The van der Waals surface area contributed by atoms with Gasteiger partial charge < -0.3 is 15.5 Å². The quantitative estimate of drug-likeness (QED) is 0.0496. The molecule has 3 N–H and O–H groups in total. The van der Waals surface area contributed by atoms with Gasteiger partial charge in [-0.1, -0.05) is 193 Å². The third kappa shape index (κ3) is 32.3. The van der Waals surface area contributed by atoms with E-state index in [9.17, 15) is 15.0 Å². The van der Waals surface area contributed by atoms with Crippen LogP contribution in [-0.2, 0) is 4.79 Å². The van der Waals surface area contributed by atoms with Gasteiger partial charge in [-0.05, 0) is 25.7 Å². The number of unbranched alkanes of at least 4 members (excludes halogenated alkanes) is 27. The number of carbonyl (C=O) groups is 1. The van der Waals surface area contributed by atoms with Gasteiger partial charge in [-0.25, -0.2) is 0 Å². The summed E-state index contributed by atoms with van der Waals surface area (Å²) in [5.41, 5.74) is 0. The van der Waals surface area contributed by atoms with Gasteiger partial charge in [0.05, 0.1) is 18.8 Å². The van der Waals surface area contributed by atoms with E-state index < -0.39 is 12.1 Å². The highest BCUT2D eigenvalue weighted by Crippen LogP contribution is 2.15. The van der Waals surface area contributed by atoms with Gasteiger partial charge in [-0.2, -0.15) is 0 Å². The Morgan fingerprint density at radius 1 is 0.535 bits per heavy atom. The van der Waals surface area contributed by atoms with E-state index in [1.165, 1.54) is 167 Å². The zero-order valence-corrected chi connectivity index (χ0v) is 29.2. The first-order chi connectivity index (χ1) is 21.2. The van der Waals surface area contributed by atoms with Crippen molar-refractivity contribution in [3.63, 3.8) is 0 Å². The highest BCUT2D eigenvalue weighted by Gasteiger charge is 2.19. The Kier molecular flexibility index (Phi) is 34.9. The lowest BCUT2D eigenvalue weighted by molar-refractivity contribution is -0.123. The highest BCUT2D eigenvalue weighted by atomic mass is 16.3. The van der Waals surface area contributed by atoms with E-state index in [0.717, 1.165) is 19.3 Å². The molecule has 43 heavy (non-hydrogen) atoms. The maximum absolute atomic E-state index is 12.3. The molecule has 1 amide bonds. The fraction of sp³-hybridized carbons (Fsp3) is 0.923. The predicted molar refractivity (Wildman–Crippen MR) is 189 cm³/mol. The van der Waals surface area contributed by atoms with Gasteiger partial charge >= 0.3 is 0 Å². The fourth-order valence-corrected chi connectivity index (χ4v) is 6.00. The number of hydrogen-bond acceptors (Lipinski definition) is 3. The number of rotatable bonds is 35. The lowest BCUT2D eigenvalue weighted by atomic mass is 10.0. The molecule has 0 rings (SSSR count). The molecule has 0 fully saturated rings. The van der Waals surface area contributed by atoms with Crippen LogP contribution in [0.2, 0.25) is 0 Å². The van der Waals surface area contributed by atoms with Crippen molar-refractivity contribution in [2.75, 3.05) is 6.61 Å². The molecule has 0 aliphatic carbocycles. The Balaban J connectivity index is 3.55. The van der Waals surface area contributed by atoms with Crippen LogP contribution in [0.4, 0.5) is 0 Å². The summed E-state index contributed by atoms with van der Waals surface area (Å²) in [6.45, 7) is 4.33. The summed E-state index contributed by atoms with van der Waals surface area (Å²) in [5.74, 6) is -0.0519. The summed E-state index contributed by atoms with van der Waals surface area (Å²) in [6, 6.07) is -0.579. The highest BCUT2D eigenvalue weighted by molar-refractivity contribution is 5.76. The fourth-order valence-electron chi connectivity index (χ4n) is 6.00. The zero-order chi connectivity index (χ0) is 31.5. The van der Waals surface area contributed by atoms with Gasteiger partial charge in [0.25, 0.3) is 0 Å². The first kappa shape index (κ1) is 42.1. The molecule has 0 saturated carbocycles. The van der Waals surface area contributed by atoms with Crippen molar-refractivity contribution in [3.05, 3.63) is 12.2 Å². The van der Waals surface area contributed by atoms with E-state index in [4.69, 9.17) is 0 Å². The Morgan fingerprint density at radius 2 is 0.884 bits per heavy atom. The number of nitrogens with one attached hydrogen (secondary N) is 1. The number of aliphatic hydroxyl groups excluding tert-OH is 2. The largest absolute Gasteiger partial charge is 0.394 e. The van der Waals surface area contributed by atoms with Crippen LogP contribution in [0.1, 0.15) is 213 Å². The monoisotopic (exact) mass is 608 g/mol. The molecule has 0 spiro atoms. The molecular formula is C39H77NO3. The molecule has 0 aromatic carbocycles. The molecule has 0 aliphatic rings. The van der Waals surface area contributed by atoms with E-state index in [-0.39, 0.29) is 12.5 Å². The molecule has 256 valence electrons. The summed E-state index contributed by atoms with van der Waals surface area (Å²) in [7, 11) is 0. The average Bonchev–Trinajstić information content (AvgIpc) is 3.01. The van der Waals surface area contributed by atoms with E-state index in [2.05, 4.69) is 25.2 Å². The van der Waals surface area contributed by atoms with Crippen LogP contribution in [-0.4, -0.2) is 34.9 Å². The van der Waals surface area contributed by atoms with Crippen LogP contribution in [0.15, 0.2) is 12.2 Å².